The Balaban J connectivity index is 2.13. The normalized spacial score (nSPS) is 11.7. The van der Waals surface area contributed by atoms with Crippen molar-refractivity contribution in [3.05, 3.63) is 50.6 Å². The van der Waals surface area contributed by atoms with Gasteiger partial charge in [-0.1, -0.05) is 17.7 Å². The first kappa shape index (κ1) is 13.7. The minimum absolute atomic E-state index is 0.292. The van der Waals surface area contributed by atoms with Gasteiger partial charge in [0, 0.05) is 15.9 Å². The second-order valence-corrected chi connectivity index (χ2v) is 7.45. The van der Waals surface area contributed by atoms with E-state index in [1.807, 2.05) is 18.4 Å². The predicted octanol–water partition coefficient (Wildman–Crippen LogP) is 3.30. The lowest BCUT2D eigenvalue weighted by Gasteiger charge is -2.06. The zero-order valence-corrected chi connectivity index (χ0v) is 12.9. The highest BCUT2D eigenvalue weighted by molar-refractivity contribution is 9.10. The zero-order valence-electron chi connectivity index (χ0n) is 9.68. The summed E-state index contributed by atoms with van der Waals surface area (Å²) in [7, 11) is -3.43. The highest BCUT2D eigenvalue weighted by Crippen LogP contribution is 2.22. The lowest BCUT2D eigenvalue weighted by atomic mass is 10.2. The first-order chi connectivity index (χ1) is 8.49. The largest absolute Gasteiger partial charge is 0.240 e. The minimum atomic E-state index is -3.43. The van der Waals surface area contributed by atoms with Crippen molar-refractivity contribution in [2.75, 3.05) is 0 Å². The molecule has 0 fully saturated rings. The number of halogens is 1. The molecule has 3 nitrogen and oxygen atoms in total. The van der Waals surface area contributed by atoms with Crippen LogP contribution in [0.5, 0.6) is 0 Å². The van der Waals surface area contributed by atoms with Gasteiger partial charge in [0.2, 0.25) is 10.0 Å². The van der Waals surface area contributed by atoms with Crippen LogP contribution in [0.2, 0.25) is 0 Å². The van der Waals surface area contributed by atoms with Gasteiger partial charge in [-0.2, -0.15) is 0 Å². The third-order valence-corrected chi connectivity index (χ3v) is 5.79. The molecule has 1 N–H and O–H groups in total. The maximum absolute atomic E-state index is 12.0. The summed E-state index contributed by atoms with van der Waals surface area (Å²) in [5, 5.41) is 1.92. The lowest BCUT2D eigenvalue weighted by molar-refractivity contribution is 0.581. The molecule has 0 unspecified atom stereocenters. The second-order valence-electron chi connectivity index (χ2n) is 3.83. The van der Waals surface area contributed by atoms with Gasteiger partial charge < -0.3 is 0 Å². The highest BCUT2D eigenvalue weighted by atomic mass is 79.9. The van der Waals surface area contributed by atoms with Gasteiger partial charge in [0.15, 0.2) is 0 Å². The van der Waals surface area contributed by atoms with E-state index in [4.69, 9.17) is 0 Å². The molecule has 2 rings (SSSR count). The number of rotatable bonds is 4. The molecule has 0 amide bonds. The third kappa shape index (κ3) is 3.20. The van der Waals surface area contributed by atoms with E-state index in [2.05, 4.69) is 20.7 Å². The molecule has 0 atom stereocenters. The number of sulfonamides is 1. The van der Waals surface area contributed by atoms with Crippen LogP contribution in [0.1, 0.15) is 10.4 Å². The summed E-state index contributed by atoms with van der Waals surface area (Å²) in [5.41, 5.74) is 1.04. The Hall–Kier alpha value is -0.690. The van der Waals surface area contributed by atoms with Crippen LogP contribution in [0.15, 0.2) is 45.1 Å². The Morgan fingerprint density at radius 1 is 1.22 bits per heavy atom. The second kappa shape index (κ2) is 5.52. The number of aryl methyl sites for hydroxylation is 1. The average Bonchev–Trinajstić information content (AvgIpc) is 2.73. The van der Waals surface area contributed by atoms with E-state index in [-0.39, 0.29) is 0 Å². The summed E-state index contributed by atoms with van der Waals surface area (Å²) in [4.78, 5) is 1.26. The molecule has 0 spiro atoms. The van der Waals surface area contributed by atoms with E-state index < -0.39 is 10.0 Å². The number of hydrogen-bond acceptors (Lipinski definition) is 3. The van der Waals surface area contributed by atoms with Crippen molar-refractivity contribution in [1.29, 1.82) is 0 Å². The molecule has 0 saturated heterocycles. The average molecular weight is 346 g/mol. The van der Waals surface area contributed by atoms with Crippen molar-refractivity contribution in [3.63, 3.8) is 0 Å². The Morgan fingerprint density at radius 3 is 2.44 bits per heavy atom. The number of hydrogen-bond donors (Lipinski definition) is 1. The lowest BCUT2D eigenvalue weighted by Crippen LogP contribution is -2.22. The molecule has 1 aromatic carbocycles. The van der Waals surface area contributed by atoms with Gasteiger partial charge in [0.05, 0.1) is 4.90 Å². The molecule has 0 bridgehead atoms. The van der Waals surface area contributed by atoms with Crippen LogP contribution in [0.25, 0.3) is 0 Å². The number of nitrogens with one attached hydrogen (secondary N) is 1. The van der Waals surface area contributed by atoms with E-state index in [1.54, 1.807) is 24.3 Å². The molecule has 0 aliphatic rings. The monoisotopic (exact) mass is 345 g/mol. The first-order valence-corrected chi connectivity index (χ1v) is 8.43. The van der Waals surface area contributed by atoms with Crippen molar-refractivity contribution in [1.82, 2.24) is 4.72 Å². The molecule has 0 aliphatic heterocycles. The molecule has 1 aromatic heterocycles. The summed E-state index contributed by atoms with van der Waals surface area (Å²) in [6.45, 7) is 2.22. The molecule has 96 valence electrons. The smallest absolute Gasteiger partial charge is 0.207 e. The molecule has 0 aliphatic carbocycles. The summed E-state index contributed by atoms with van der Waals surface area (Å²) in [6, 6.07) is 8.70. The van der Waals surface area contributed by atoms with Crippen LogP contribution in [0, 0.1) is 6.92 Å². The zero-order chi connectivity index (χ0) is 13.2. The summed E-state index contributed by atoms with van der Waals surface area (Å²) >= 11 is 4.89. The Bertz CT molecular complexity index is 632. The van der Waals surface area contributed by atoms with E-state index in [9.17, 15) is 8.42 Å². The first-order valence-electron chi connectivity index (χ1n) is 5.27. The van der Waals surface area contributed by atoms with Gasteiger partial charge in [-0.3, -0.25) is 0 Å². The van der Waals surface area contributed by atoms with Gasteiger partial charge >= 0.3 is 0 Å². The molecule has 0 radical (unpaired) electrons. The van der Waals surface area contributed by atoms with Crippen LogP contribution in [0.4, 0.5) is 0 Å². The molecule has 0 saturated carbocycles. The van der Waals surface area contributed by atoms with Gasteiger partial charge in [0.1, 0.15) is 0 Å². The number of thiophene rings is 1. The fourth-order valence-corrected chi connectivity index (χ4v) is 3.93. The fourth-order valence-electron chi connectivity index (χ4n) is 1.41. The van der Waals surface area contributed by atoms with Crippen LogP contribution >= 0.6 is 27.3 Å². The predicted molar refractivity (Wildman–Crippen MR) is 77.2 cm³/mol. The van der Waals surface area contributed by atoms with Gasteiger partial charge in [0.25, 0.3) is 0 Å². The van der Waals surface area contributed by atoms with Crippen molar-refractivity contribution in [2.24, 2.45) is 0 Å². The van der Waals surface area contributed by atoms with E-state index >= 15 is 0 Å². The van der Waals surface area contributed by atoms with Crippen LogP contribution < -0.4 is 4.72 Å². The van der Waals surface area contributed by atoms with Crippen molar-refractivity contribution in [2.45, 2.75) is 18.4 Å². The van der Waals surface area contributed by atoms with Gasteiger partial charge in [-0.25, -0.2) is 13.1 Å². The maximum Gasteiger partial charge on any atom is 0.240 e. The van der Waals surface area contributed by atoms with Gasteiger partial charge in [-0.05, 0) is 46.4 Å². The molecular formula is C12H12BrNO2S2. The van der Waals surface area contributed by atoms with Crippen LogP contribution in [-0.2, 0) is 16.6 Å². The van der Waals surface area contributed by atoms with Crippen molar-refractivity contribution >= 4 is 37.3 Å². The molecule has 1 heterocycles. The molecule has 18 heavy (non-hydrogen) atoms. The topological polar surface area (TPSA) is 46.2 Å². The van der Waals surface area contributed by atoms with E-state index in [0.29, 0.717) is 11.4 Å². The van der Waals surface area contributed by atoms with E-state index in [0.717, 1.165) is 14.9 Å². The summed E-state index contributed by atoms with van der Waals surface area (Å²) in [6.07, 6.45) is 0. The quantitative estimate of drug-likeness (QED) is 0.923. The summed E-state index contributed by atoms with van der Waals surface area (Å²) < 4.78 is 27.6. The minimum Gasteiger partial charge on any atom is -0.207 e. The molecule has 2 aromatic rings. The third-order valence-electron chi connectivity index (χ3n) is 2.45. The molecule has 6 heteroatoms. The Labute approximate surface area is 119 Å². The number of benzene rings is 1. The van der Waals surface area contributed by atoms with Crippen LogP contribution in [0.3, 0.4) is 0 Å². The maximum atomic E-state index is 12.0. The highest BCUT2D eigenvalue weighted by Gasteiger charge is 2.14. The summed E-state index contributed by atoms with van der Waals surface area (Å²) in [5.74, 6) is 0. The standard InChI is InChI=1S/C12H12BrNO2S2/c1-9-2-4-10(5-3-9)18(15,16)14-8-12-11(13)6-7-17-12/h2-7,14H,8H2,1H3. The van der Waals surface area contributed by atoms with Crippen molar-refractivity contribution < 1.29 is 8.42 Å². The van der Waals surface area contributed by atoms with E-state index in [1.165, 1.54) is 11.3 Å². The SMILES string of the molecule is Cc1ccc(S(=O)(=O)NCc2sccc2Br)cc1. The molecular weight excluding hydrogens is 334 g/mol. The Morgan fingerprint density at radius 2 is 1.89 bits per heavy atom. The van der Waals surface area contributed by atoms with Crippen molar-refractivity contribution in [3.8, 4) is 0 Å². The Kier molecular flexibility index (Phi) is 4.21. The fraction of sp³-hybridized carbons (Fsp3) is 0.167. The van der Waals surface area contributed by atoms with Gasteiger partial charge in [-0.15, -0.1) is 11.3 Å². The van der Waals surface area contributed by atoms with Crippen LogP contribution in [-0.4, -0.2) is 8.42 Å².